The molecule has 19 heavy (non-hydrogen) atoms. The van der Waals surface area contributed by atoms with Gasteiger partial charge in [0.2, 0.25) is 0 Å². The molecular formula is C14H17N3OS. The number of aliphatic hydroxyl groups excluding tert-OH is 1. The van der Waals surface area contributed by atoms with Crippen molar-refractivity contribution in [2.24, 2.45) is 0 Å². The van der Waals surface area contributed by atoms with E-state index in [-0.39, 0.29) is 6.61 Å². The predicted octanol–water partition coefficient (Wildman–Crippen LogP) is 2.19. The van der Waals surface area contributed by atoms with Crippen molar-refractivity contribution >= 4 is 11.3 Å². The fourth-order valence-corrected chi connectivity index (χ4v) is 2.56. The summed E-state index contributed by atoms with van der Waals surface area (Å²) in [5.74, 6) is 0. The normalized spacial score (nSPS) is 10.8. The van der Waals surface area contributed by atoms with Gasteiger partial charge in [-0.1, -0.05) is 12.1 Å². The van der Waals surface area contributed by atoms with Crippen LogP contribution in [0.5, 0.6) is 0 Å². The second-order valence-corrected chi connectivity index (χ2v) is 4.96. The first-order chi connectivity index (χ1) is 9.33. The number of rotatable bonds is 7. The van der Waals surface area contributed by atoms with Crippen LogP contribution in [0.15, 0.2) is 42.4 Å². The van der Waals surface area contributed by atoms with Gasteiger partial charge in [-0.25, -0.2) is 4.98 Å². The van der Waals surface area contributed by atoms with Crippen LogP contribution in [0.25, 0.3) is 10.7 Å². The molecule has 4 nitrogen and oxygen atoms in total. The maximum absolute atomic E-state index is 9.02. The van der Waals surface area contributed by atoms with E-state index < -0.39 is 0 Å². The van der Waals surface area contributed by atoms with Crippen LogP contribution >= 0.6 is 11.3 Å². The van der Waals surface area contributed by atoms with Crippen molar-refractivity contribution in [1.29, 1.82) is 0 Å². The maximum atomic E-state index is 9.02. The van der Waals surface area contributed by atoms with Gasteiger partial charge in [-0.3, -0.25) is 9.88 Å². The molecule has 0 aromatic carbocycles. The predicted molar refractivity (Wildman–Crippen MR) is 77.9 cm³/mol. The largest absolute Gasteiger partial charge is 0.395 e. The summed E-state index contributed by atoms with van der Waals surface area (Å²) in [5.41, 5.74) is 1.90. The molecule has 2 aromatic heterocycles. The van der Waals surface area contributed by atoms with Gasteiger partial charge in [0.15, 0.2) is 0 Å². The van der Waals surface area contributed by atoms with E-state index in [0.717, 1.165) is 29.5 Å². The molecule has 0 saturated carbocycles. The van der Waals surface area contributed by atoms with E-state index in [1.807, 2.05) is 29.7 Å². The van der Waals surface area contributed by atoms with Gasteiger partial charge in [-0.05, 0) is 12.1 Å². The first kappa shape index (κ1) is 13.9. The Labute approximate surface area is 117 Å². The van der Waals surface area contributed by atoms with Crippen molar-refractivity contribution in [3.8, 4) is 10.7 Å². The minimum absolute atomic E-state index is 0.144. The Morgan fingerprint density at radius 3 is 3.00 bits per heavy atom. The van der Waals surface area contributed by atoms with Crippen LogP contribution < -0.4 is 0 Å². The van der Waals surface area contributed by atoms with Gasteiger partial charge in [0.05, 0.1) is 18.0 Å². The highest BCUT2D eigenvalue weighted by Gasteiger charge is 2.09. The number of hydrogen-bond acceptors (Lipinski definition) is 5. The van der Waals surface area contributed by atoms with Crippen LogP contribution in [-0.2, 0) is 6.54 Å². The third-order valence-electron chi connectivity index (χ3n) is 2.62. The lowest BCUT2D eigenvalue weighted by atomic mass is 10.3. The molecule has 0 bridgehead atoms. The molecule has 0 amide bonds. The minimum Gasteiger partial charge on any atom is -0.395 e. The van der Waals surface area contributed by atoms with Crippen molar-refractivity contribution in [1.82, 2.24) is 14.9 Å². The van der Waals surface area contributed by atoms with Crippen LogP contribution in [0.2, 0.25) is 0 Å². The lowest BCUT2D eigenvalue weighted by Crippen LogP contribution is -2.26. The lowest BCUT2D eigenvalue weighted by molar-refractivity contribution is 0.202. The number of thiazole rings is 1. The monoisotopic (exact) mass is 275 g/mol. The second-order valence-electron chi connectivity index (χ2n) is 4.11. The Morgan fingerprint density at radius 2 is 2.32 bits per heavy atom. The van der Waals surface area contributed by atoms with Crippen molar-refractivity contribution in [2.75, 3.05) is 19.7 Å². The average Bonchev–Trinajstić information content (AvgIpc) is 2.89. The Balaban J connectivity index is 2.06. The Morgan fingerprint density at radius 1 is 1.42 bits per heavy atom. The third kappa shape index (κ3) is 3.96. The molecule has 0 aliphatic rings. The summed E-state index contributed by atoms with van der Waals surface area (Å²) in [4.78, 5) is 11.0. The molecule has 100 valence electrons. The molecule has 0 aliphatic carbocycles. The third-order valence-corrected chi connectivity index (χ3v) is 3.54. The molecule has 0 aliphatic heterocycles. The number of pyridine rings is 1. The molecule has 1 N–H and O–H groups in total. The summed E-state index contributed by atoms with van der Waals surface area (Å²) < 4.78 is 0. The van der Waals surface area contributed by atoms with E-state index in [1.54, 1.807) is 17.5 Å². The molecule has 0 saturated heterocycles. The fourth-order valence-electron chi connectivity index (χ4n) is 1.77. The van der Waals surface area contributed by atoms with Crippen molar-refractivity contribution in [3.63, 3.8) is 0 Å². The molecule has 0 radical (unpaired) electrons. The highest BCUT2D eigenvalue weighted by molar-refractivity contribution is 7.13. The quantitative estimate of drug-likeness (QED) is 0.787. The number of aromatic nitrogens is 2. The lowest BCUT2D eigenvalue weighted by Gasteiger charge is -2.17. The van der Waals surface area contributed by atoms with E-state index in [4.69, 9.17) is 5.11 Å². The zero-order valence-electron chi connectivity index (χ0n) is 10.7. The summed E-state index contributed by atoms with van der Waals surface area (Å²) in [6.45, 7) is 5.96. The summed E-state index contributed by atoms with van der Waals surface area (Å²) in [6.07, 6.45) is 3.61. The van der Waals surface area contributed by atoms with Gasteiger partial charge < -0.3 is 5.11 Å². The fraction of sp³-hybridized carbons (Fsp3) is 0.286. The Kier molecular flexibility index (Phi) is 5.20. The van der Waals surface area contributed by atoms with Gasteiger partial charge >= 0.3 is 0 Å². The molecule has 0 unspecified atom stereocenters. The molecule has 0 fully saturated rings. The Hall–Kier alpha value is -1.56. The van der Waals surface area contributed by atoms with E-state index in [0.29, 0.717) is 6.54 Å². The van der Waals surface area contributed by atoms with Gasteiger partial charge in [0.25, 0.3) is 0 Å². The smallest absolute Gasteiger partial charge is 0.142 e. The molecular weight excluding hydrogens is 258 g/mol. The number of aliphatic hydroxyl groups is 1. The van der Waals surface area contributed by atoms with Crippen LogP contribution in [0, 0.1) is 0 Å². The maximum Gasteiger partial charge on any atom is 0.142 e. The van der Waals surface area contributed by atoms with E-state index in [1.165, 1.54) is 0 Å². The molecule has 5 heteroatoms. The number of nitrogens with zero attached hydrogens (tertiary/aromatic N) is 3. The van der Waals surface area contributed by atoms with Gasteiger partial charge in [0, 0.05) is 31.2 Å². The molecule has 2 rings (SSSR count). The zero-order valence-corrected chi connectivity index (χ0v) is 11.5. The van der Waals surface area contributed by atoms with Crippen LogP contribution in [0.1, 0.15) is 5.69 Å². The first-order valence-corrected chi connectivity index (χ1v) is 7.01. The summed E-state index contributed by atoms with van der Waals surface area (Å²) >= 11 is 1.59. The Bertz CT molecular complexity index is 512. The standard InChI is InChI=1S/C14H17N3OS/c1-2-7-17(8-9-18)10-12-11-19-14(16-12)13-5-3-4-6-15-13/h2-6,11,18H,1,7-10H2. The molecule has 0 spiro atoms. The molecule has 2 heterocycles. The summed E-state index contributed by atoms with van der Waals surface area (Å²) in [5, 5.41) is 12.0. The van der Waals surface area contributed by atoms with Crippen molar-refractivity contribution in [2.45, 2.75) is 6.54 Å². The SMILES string of the molecule is C=CCN(CCO)Cc1csc(-c2ccccn2)n1. The van der Waals surface area contributed by atoms with E-state index in [2.05, 4.69) is 21.4 Å². The van der Waals surface area contributed by atoms with Crippen LogP contribution in [0.3, 0.4) is 0 Å². The highest BCUT2D eigenvalue weighted by Crippen LogP contribution is 2.21. The van der Waals surface area contributed by atoms with Crippen molar-refractivity contribution < 1.29 is 5.11 Å². The van der Waals surface area contributed by atoms with Gasteiger partial charge in [-0.15, -0.1) is 17.9 Å². The summed E-state index contributed by atoms with van der Waals surface area (Å²) in [6, 6.07) is 5.81. The molecule has 0 atom stereocenters. The summed E-state index contributed by atoms with van der Waals surface area (Å²) in [7, 11) is 0. The second kappa shape index (κ2) is 7.13. The van der Waals surface area contributed by atoms with Crippen LogP contribution in [0.4, 0.5) is 0 Å². The van der Waals surface area contributed by atoms with E-state index in [9.17, 15) is 0 Å². The van der Waals surface area contributed by atoms with Crippen LogP contribution in [-0.4, -0.2) is 39.7 Å². The molecule has 2 aromatic rings. The minimum atomic E-state index is 0.144. The van der Waals surface area contributed by atoms with E-state index >= 15 is 0 Å². The number of hydrogen-bond donors (Lipinski definition) is 1. The van der Waals surface area contributed by atoms with Gasteiger partial charge in [-0.2, -0.15) is 0 Å². The average molecular weight is 275 g/mol. The zero-order chi connectivity index (χ0) is 13.5. The highest BCUT2D eigenvalue weighted by atomic mass is 32.1. The van der Waals surface area contributed by atoms with Crippen molar-refractivity contribution in [3.05, 3.63) is 48.1 Å². The topological polar surface area (TPSA) is 49.2 Å². The first-order valence-electron chi connectivity index (χ1n) is 6.13. The van der Waals surface area contributed by atoms with Gasteiger partial charge in [0.1, 0.15) is 5.01 Å².